The Morgan fingerprint density at radius 3 is 2.63 bits per heavy atom. The number of fused-ring (bicyclic) bond motifs is 1. The quantitative estimate of drug-likeness (QED) is 0.793. The van der Waals surface area contributed by atoms with Gasteiger partial charge >= 0.3 is 0 Å². The van der Waals surface area contributed by atoms with Crippen molar-refractivity contribution >= 4 is 28.8 Å². The number of hydrogen-bond acceptors (Lipinski definition) is 6. The number of amides is 2. The summed E-state index contributed by atoms with van der Waals surface area (Å²) in [6, 6.07) is 3.16. The van der Waals surface area contributed by atoms with Crippen molar-refractivity contribution in [3.8, 4) is 11.5 Å². The monoisotopic (exact) mass is 389 g/mol. The molecule has 0 bridgehead atoms. The second kappa shape index (κ2) is 8.39. The number of aryl methyl sites for hydroxylation is 2. The number of aromatic nitrogens is 1. The summed E-state index contributed by atoms with van der Waals surface area (Å²) in [5.74, 6) is 0.215. The molecule has 0 saturated carbocycles. The largest absolute Gasteiger partial charge is 0.493 e. The zero-order valence-corrected chi connectivity index (χ0v) is 16.5. The van der Waals surface area contributed by atoms with Gasteiger partial charge in [0.25, 0.3) is 5.91 Å². The first-order valence-corrected chi connectivity index (χ1v) is 9.62. The lowest BCUT2D eigenvalue weighted by molar-refractivity contribution is -0.114. The van der Waals surface area contributed by atoms with Crippen LogP contribution in [0.5, 0.6) is 11.5 Å². The number of benzene rings is 1. The molecule has 0 atom stereocenters. The first kappa shape index (κ1) is 19.2. The molecule has 0 spiro atoms. The summed E-state index contributed by atoms with van der Waals surface area (Å²) in [7, 11) is 2.96. The maximum absolute atomic E-state index is 12.6. The minimum Gasteiger partial charge on any atom is -0.493 e. The molecule has 1 aliphatic rings. The maximum Gasteiger partial charge on any atom is 0.251 e. The van der Waals surface area contributed by atoms with Gasteiger partial charge in [-0.2, -0.15) is 0 Å². The standard InChI is InChI=1S/C19H23N3O4S/c1-11(23)21-14-8-12(9-15(25-2)18(14)26-3)19(24)20-10-17-22-13-6-4-5-7-16(13)27-17/h8-9H,4-7,10H2,1-3H3,(H,20,24)(H,21,23). The molecule has 8 heteroatoms. The molecule has 144 valence electrons. The topological polar surface area (TPSA) is 89.5 Å². The molecule has 27 heavy (non-hydrogen) atoms. The number of carbonyl (C=O) groups is 2. The molecule has 2 amide bonds. The highest BCUT2D eigenvalue weighted by Gasteiger charge is 2.19. The molecule has 1 aromatic heterocycles. The molecule has 1 heterocycles. The fraction of sp³-hybridized carbons (Fsp3) is 0.421. The summed E-state index contributed by atoms with van der Waals surface area (Å²) in [6.07, 6.45) is 4.49. The first-order chi connectivity index (χ1) is 13.0. The highest BCUT2D eigenvalue weighted by molar-refractivity contribution is 7.11. The number of rotatable bonds is 6. The summed E-state index contributed by atoms with van der Waals surface area (Å²) >= 11 is 1.67. The molecular formula is C19H23N3O4S. The van der Waals surface area contributed by atoms with E-state index >= 15 is 0 Å². The number of nitrogens with zero attached hydrogens (tertiary/aromatic N) is 1. The third kappa shape index (κ3) is 4.39. The van der Waals surface area contributed by atoms with Gasteiger partial charge in [-0.15, -0.1) is 11.3 Å². The minimum absolute atomic E-state index is 0.263. The van der Waals surface area contributed by atoms with E-state index in [0.717, 1.165) is 17.8 Å². The van der Waals surface area contributed by atoms with Crippen LogP contribution >= 0.6 is 11.3 Å². The van der Waals surface area contributed by atoms with Crippen LogP contribution < -0.4 is 20.1 Å². The van der Waals surface area contributed by atoms with Crippen LogP contribution in [0.25, 0.3) is 0 Å². The molecule has 0 aliphatic heterocycles. The van der Waals surface area contributed by atoms with Crippen LogP contribution in [0.2, 0.25) is 0 Å². The molecule has 7 nitrogen and oxygen atoms in total. The fourth-order valence-corrected chi connectivity index (χ4v) is 4.21. The van der Waals surface area contributed by atoms with Crippen LogP contribution in [0, 0.1) is 0 Å². The van der Waals surface area contributed by atoms with Gasteiger partial charge in [-0.3, -0.25) is 9.59 Å². The number of carbonyl (C=O) groups excluding carboxylic acids is 2. The smallest absolute Gasteiger partial charge is 0.251 e. The lowest BCUT2D eigenvalue weighted by Gasteiger charge is -2.15. The van der Waals surface area contributed by atoms with Crippen molar-refractivity contribution in [1.82, 2.24) is 10.3 Å². The highest BCUT2D eigenvalue weighted by atomic mass is 32.1. The zero-order chi connectivity index (χ0) is 19.4. The van der Waals surface area contributed by atoms with E-state index in [0.29, 0.717) is 29.3 Å². The number of nitrogens with one attached hydrogen (secondary N) is 2. The third-order valence-electron chi connectivity index (χ3n) is 4.34. The Balaban J connectivity index is 1.77. The van der Waals surface area contributed by atoms with Gasteiger partial charge < -0.3 is 20.1 Å². The van der Waals surface area contributed by atoms with Gasteiger partial charge in [-0.1, -0.05) is 0 Å². The van der Waals surface area contributed by atoms with Crippen LogP contribution in [0.1, 0.15) is 45.7 Å². The van der Waals surface area contributed by atoms with Crippen LogP contribution in [0.3, 0.4) is 0 Å². The molecule has 1 aliphatic carbocycles. The van der Waals surface area contributed by atoms with Crippen LogP contribution in [-0.4, -0.2) is 31.0 Å². The van der Waals surface area contributed by atoms with Gasteiger partial charge in [0.15, 0.2) is 11.5 Å². The average Bonchev–Trinajstić information content (AvgIpc) is 3.07. The summed E-state index contributed by atoms with van der Waals surface area (Å²) in [5.41, 5.74) is 1.94. The summed E-state index contributed by atoms with van der Waals surface area (Å²) in [5, 5.41) is 6.48. The molecule has 0 saturated heterocycles. The summed E-state index contributed by atoms with van der Waals surface area (Å²) in [6.45, 7) is 1.77. The van der Waals surface area contributed by atoms with Crippen LogP contribution in [-0.2, 0) is 24.2 Å². The molecule has 0 unspecified atom stereocenters. The Morgan fingerprint density at radius 2 is 1.96 bits per heavy atom. The maximum atomic E-state index is 12.6. The lowest BCUT2D eigenvalue weighted by atomic mass is 10.0. The number of ether oxygens (including phenoxy) is 2. The van der Waals surface area contributed by atoms with E-state index in [-0.39, 0.29) is 11.8 Å². The van der Waals surface area contributed by atoms with Crippen molar-refractivity contribution in [2.75, 3.05) is 19.5 Å². The number of methoxy groups -OCH3 is 2. The normalized spacial score (nSPS) is 12.9. The van der Waals surface area contributed by atoms with Crippen molar-refractivity contribution in [2.24, 2.45) is 0 Å². The third-order valence-corrected chi connectivity index (χ3v) is 5.50. The average molecular weight is 389 g/mol. The van der Waals surface area contributed by atoms with E-state index in [2.05, 4.69) is 15.6 Å². The van der Waals surface area contributed by atoms with E-state index in [9.17, 15) is 9.59 Å². The SMILES string of the molecule is COc1cc(C(=O)NCc2nc3c(s2)CCCC3)cc(NC(C)=O)c1OC. The highest BCUT2D eigenvalue weighted by Crippen LogP contribution is 2.36. The van der Waals surface area contributed by atoms with Crippen molar-refractivity contribution in [3.63, 3.8) is 0 Å². The summed E-state index contributed by atoms with van der Waals surface area (Å²) < 4.78 is 10.6. The van der Waals surface area contributed by atoms with Gasteiger partial charge in [-0.05, 0) is 37.8 Å². The van der Waals surface area contributed by atoms with E-state index < -0.39 is 0 Å². The molecular weight excluding hydrogens is 366 g/mol. The van der Waals surface area contributed by atoms with Crippen molar-refractivity contribution < 1.29 is 19.1 Å². The zero-order valence-electron chi connectivity index (χ0n) is 15.7. The second-order valence-corrected chi connectivity index (χ2v) is 7.48. The fourth-order valence-electron chi connectivity index (χ4n) is 3.12. The summed E-state index contributed by atoms with van der Waals surface area (Å²) in [4.78, 5) is 30.1. The van der Waals surface area contributed by atoms with Crippen molar-refractivity contribution in [2.45, 2.75) is 39.2 Å². The Bertz CT molecular complexity index is 839. The molecule has 0 radical (unpaired) electrons. The van der Waals surface area contributed by atoms with Gasteiger partial charge in [0.1, 0.15) is 5.01 Å². The molecule has 3 rings (SSSR count). The Hall–Kier alpha value is -2.61. The Kier molecular flexibility index (Phi) is 5.95. The van der Waals surface area contributed by atoms with Crippen LogP contribution in [0.15, 0.2) is 12.1 Å². The van der Waals surface area contributed by atoms with Gasteiger partial charge in [0, 0.05) is 17.4 Å². The molecule has 2 N–H and O–H groups in total. The van der Waals surface area contributed by atoms with E-state index in [1.54, 1.807) is 23.5 Å². The number of hydrogen-bond donors (Lipinski definition) is 2. The van der Waals surface area contributed by atoms with Crippen molar-refractivity contribution in [1.29, 1.82) is 0 Å². The van der Waals surface area contributed by atoms with Gasteiger partial charge in [-0.25, -0.2) is 4.98 Å². The predicted molar refractivity (Wildman–Crippen MR) is 104 cm³/mol. The van der Waals surface area contributed by atoms with Gasteiger partial charge in [0.2, 0.25) is 5.91 Å². The van der Waals surface area contributed by atoms with E-state index in [1.807, 2.05) is 0 Å². The molecule has 1 aromatic carbocycles. The first-order valence-electron chi connectivity index (χ1n) is 8.81. The minimum atomic E-state index is -0.268. The number of anilines is 1. The lowest BCUT2D eigenvalue weighted by Crippen LogP contribution is -2.23. The predicted octanol–water partition coefficient (Wildman–Crippen LogP) is 2.93. The van der Waals surface area contributed by atoms with E-state index in [1.165, 1.54) is 44.6 Å². The molecule has 2 aromatic rings. The van der Waals surface area contributed by atoms with Gasteiger partial charge in [0.05, 0.1) is 32.1 Å². The molecule has 0 fully saturated rings. The van der Waals surface area contributed by atoms with E-state index in [4.69, 9.17) is 9.47 Å². The van der Waals surface area contributed by atoms with Crippen LogP contribution in [0.4, 0.5) is 5.69 Å². The van der Waals surface area contributed by atoms with Crippen molar-refractivity contribution in [3.05, 3.63) is 33.3 Å². The Morgan fingerprint density at radius 1 is 1.19 bits per heavy atom. The Labute approximate surface area is 162 Å². The number of thiazole rings is 1. The second-order valence-electron chi connectivity index (χ2n) is 6.31.